The number of aromatic nitrogens is 1. The zero-order valence-electron chi connectivity index (χ0n) is 10.7. The first-order valence-electron chi connectivity index (χ1n) is 6.31. The largest absolute Gasteiger partial charge is 0.362 e. The summed E-state index contributed by atoms with van der Waals surface area (Å²) in [7, 11) is 0. The van der Waals surface area contributed by atoms with Crippen LogP contribution in [0.25, 0.3) is 0 Å². The second kappa shape index (κ2) is 5.99. The monoisotopic (exact) mass is 207 g/mol. The number of hydrogen-bond donors (Lipinski definition) is 1. The Bertz CT molecular complexity index is 286. The Hall–Kier alpha value is -0.720. The van der Waals surface area contributed by atoms with E-state index in [0.29, 0.717) is 5.92 Å². The lowest BCUT2D eigenvalue weighted by atomic mass is 9.97. The van der Waals surface area contributed by atoms with Gasteiger partial charge in [0, 0.05) is 11.4 Å². The lowest BCUT2D eigenvalue weighted by molar-refractivity contribution is 0.571. The fraction of sp³-hybridized carbons (Fsp3) is 0.714. The number of rotatable bonds is 6. The molecule has 0 saturated carbocycles. The molecule has 1 unspecified atom stereocenters. The molecule has 0 bridgehead atoms. The van der Waals surface area contributed by atoms with Crippen molar-refractivity contribution in [2.24, 2.45) is 0 Å². The second-order valence-electron chi connectivity index (χ2n) is 4.80. The summed E-state index contributed by atoms with van der Waals surface area (Å²) in [6.45, 7) is 8.95. The number of hydrogen-bond acceptors (Lipinski definition) is 0. The van der Waals surface area contributed by atoms with Gasteiger partial charge in [-0.15, -0.1) is 0 Å². The van der Waals surface area contributed by atoms with Crippen LogP contribution in [-0.4, -0.2) is 4.98 Å². The molecule has 0 aliphatic heterocycles. The zero-order chi connectivity index (χ0) is 11.3. The smallest absolute Gasteiger partial charge is 0.0207 e. The van der Waals surface area contributed by atoms with Crippen LogP contribution in [0.2, 0.25) is 0 Å². The summed E-state index contributed by atoms with van der Waals surface area (Å²) in [5, 5.41) is 0. The van der Waals surface area contributed by atoms with Gasteiger partial charge in [0.2, 0.25) is 0 Å². The summed E-state index contributed by atoms with van der Waals surface area (Å²) in [4.78, 5) is 3.48. The van der Waals surface area contributed by atoms with Crippen molar-refractivity contribution >= 4 is 0 Å². The molecule has 0 aromatic carbocycles. The van der Waals surface area contributed by atoms with Gasteiger partial charge in [-0.05, 0) is 37.8 Å². The average Bonchev–Trinajstić information content (AvgIpc) is 2.52. The highest BCUT2D eigenvalue weighted by Gasteiger charge is 2.10. The SMILES string of the molecule is CCCCCCC(C)c1[nH]c(C)cc1C. The molecule has 86 valence electrons. The summed E-state index contributed by atoms with van der Waals surface area (Å²) in [6, 6.07) is 2.25. The molecule has 1 atom stereocenters. The lowest BCUT2D eigenvalue weighted by Crippen LogP contribution is -1.96. The van der Waals surface area contributed by atoms with E-state index in [4.69, 9.17) is 0 Å². The van der Waals surface area contributed by atoms with E-state index in [1.54, 1.807) is 0 Å². The Labute approximate surface area is 94.3 Å². The average molecular weight is 207 g/mol. The zero-order valence-corrected chi connectivity index (χ0v) is 10.7. The number of H-pyrrole nitrogens is 1. The van der Waals surface area contributed by atoms with Crippen molar-refractivity contribution in [2.75, 3.05) is 0 Å². The minimum Gasteiger partial charge on any atom is -0.362 e. The Morgan fingerprint density at radius 2 is 1.93 bits per heavy atom. The summed E-state index contributed by atoms with van der Waals surface area (Å²) >= 11 is 0. The van der Waals surface area contributed by atoms with Crippen molar-refractivity contribution < 1.29 is 0 Å². The van der Waals surface area contributed by atoms with Crippen LogP contribution >= 0.6 is 0 Å². The van der Waals surface area contributed by atoms with Gasteiger partial charge in [-0.1, -0.05) is 39.5 Å². The van der Waals surface area contributed by atoms with Gasteiger partial charge >= 0.3 is 0 Å². The van der Waals surface area contributed by atoms with Crippen molar-refractivity contribution in [1.82, 2.24) is 4.98 Å². The number of aryl methyl sites for hydroxylation is 2. The van der Waals surface area contributed by atoms with Crippen LogP contribution in [0.4, 0.5) is 0 Å². The molecule has 0 radical (unpaired) electrons. The van der Waals surface area contributed by atoms with Crippen LogP contribution in [-0.2, 0) is 0 Å². The van der Waals surface area contributed by atoms with Crippen molar-refractivity contribution in [1.29, 1.82) is 0 Å². The number of aromatic amines is 1. The predicted molar refractivity (Wildman–Crippen MR) is 67.4 cm³/mol. The maximum Gasteiger partial charge on any atom is 0.0207 e. The summed E-state index contributed by atoms with van der Waals surface area (Å²) < 4.78 is 0. The van der Waals surface area contributed by atoms with Crippen LogP contribution in [0.5, 0.6) is 0 Å². The Kier molecular flexibility index (Phi) is 4.93. The fourth-order valence-electron chi connectivity index (χ4n) is 2.28. The van der Waals surface area contributed by atoms with E-state index in [0.717, 1.165) is 0 Å². The van der Waals surface area contributed by atoms with Gasteiger partial charge in [0.1, 0.15) is 0 Å². The van der Waals surface area contributed by atoms with Gasteiger partial charge < -0.3 is 4.98 Å². The second-order valence-corrected chi connectivity index (χ2v) is 4.80. The van der Waals surface area contributed by atoms with Gasteiger partial charge in [-0.3, -0.25) is 0 Å². The molecule has 1 aromatic rings. The molecule has 1 rings (SSSR count). The molecule has 0 fully saturated rings. The molecular weight excluding hydrogens is 182 g/mol. The topological polar surface area (TPSA) is 15.8 Å². The fourth-order valence-corrected chi connectivity index (χ4v) is 2.28. The normalized spacial score (nSPS) is 13.1. The Morgan fingerprint density at radius 3 is 2.47 bits per heavy atom. The van der Waals surface area contributed by atoms with E-state index in [1.165, 1.54) is 49.1 Å². The van der Waals surface area contributed by atoms with Crippen molar-refractivity contribution in [3.05, 3.63) is 23.0 Å². The molecule has 0 aliphatic rings. The maximum atomic E-state index is 3.48. The summed E-state index contributed by atoms with van der Waals surface area (Å²) in [5.74, 6) is 0.690. The highest BCUT2D eigenvalue weighted by molar-refractivity contribution is 5.26. The molecule has 1 aromatic heterocycles. The standard InChI is InChI=1S/C14H25N/c1-5-6-7-8-9-11(2)14-12(3)10-13(4)15-14/h10-11,15H,5-9H2,1-4H3. The molecule has 1 N–H and O–H groups in total. The van der Waals surface area contributed by atoms with E-state index >= 15 is 0 Å². The Morgan fingerprint density at radius 1 is 1.20 bits per heavy atom. The third-order valence-corrected chi connectivity index (χ3v) is 3.17. The molecule has 1 nitrogen and oxygen atoms in total. The van der Waals surface area contributed by atoms with Gasteiger partial charge in [-0.2, -0.15) is 0 Å². The molecule has 1 heterocycles. The van der Waals surface area contributed by atoms with Crippen LogP contribution in [0.3, 0.4) is 0 Å². The van der Waals surface area contributed by atoms with Gasteiger partial charge in [0.15, 0.2) is 0 Å². The van der Waals surface area contributed by atoms with E-state index < -0.39 is 0 Å². The van der Waals surface area contributed by atoms with Crippen LogP contribution in [0.1, 0.15) is 68.8 Å². The van der Waals surface area contributed by atoms with Crippen molar-refractivity contribution in [2.45, 2.75) is 65.7 Å². The van der Waals surface area contributed by atoms with Crippen LogP contribution < -0.4 is 0 Å². The maximum absolute atomic E-state index is 3.48. The van der Waals surface area contributed by atoms with Gasteiger partial charge in [-0.25, -0.2) is 0 Å². The molecule has 0 spiro atoms. The summed E-state index contributed by atoms with van der Waals surface area (Å²) in [5.41, 5.74) is 4.17. The molecular formula is C14H25N. The Balaban J connectivity index is 2.39. The first-order chi connectivity index (χ1) is 7.15. The third kappa shape index (κ3) is 3.73. The van der Waals surface area contributed by atoms with Crippen molar-refractivity contribution in [3.8, 4) is 0 Å². The first kappa shape index (κ1) is 12.4. The van der Waals surface area contributed by atoms with Crippen LogP contribution in [0.15, 0.2) is 6.07 Å². The molecule has 0 saturated heterocycles. The predicted octanol–water partition coefficient (Wildman–Crippen LogP) is 4.71. The molecule has 1 heteroatoms. The highest BCUT2D eigenvalue weighted by Crippen LogP contribution is 2.24. The quantitative estimate of drug-likeness (QED) is 0.650. The molecule has 15 heavy (non-hydrogen) atoms. The van der Waals surface area contributed by atoms with Gasteiger partial charge in [0.05, 0.1) is 0 Å². The van der Waals surface area contributed by atoms with E-state index in [9.17, 15) is 0 Å². The number of nitrogens with one attached hydrogen (secondary N) is 1. The third-order valence-electron chi connectivity index (χ3n) is 3.17. The van der Waals surface area contributed by atoms with E-state index in [2.05, 4.69) is 38.7 Å². The van der Waals surface area contributed by atoms with E-state index in [1.807, 2.05) is 0 Å². The molecule has 0 aliphatic carbocycles. The molecule has 0 amide bonds. The van der Waals surface area contributed by atoms with Gasteiger partial charge in [0.25, 0.3) is 0 Å². The van der Waals surface area contributed by atoms with Crippen molar-refractivity contribution in [3.63, 3.8) is 0 Å². The number of unbranched alkanes of at least 4 members (excludes halogenated alkanes) is 3. The first-order valence-corrected chi connectivity index (χ1v) is 6.31. The highest BCUT2D eigenvalue weighted by atomic mass is 14.7. The lowest BCUT2D eigenvalue weighted by Gasteiger charge is -2.11. The minimum atomic E-state index is 0.690. The minimum absolute atomic E-state index is 0.690. The van der Waals surface area contributed by atoms with E-state index in [-0.39, 0.29) is 0 Å². The summed E-state index contributed by atoms with van der Waals surface area (Å²) in [6.07, 6.45) is 6.79. The van der Waals surface area contributed by atoms with Crippen LogP contribution in [0, 0.1) is 13.8 Å².